The summed E-state index contributed by atoms with van der Waals surface area (Å²) < 4.78 is 12.8. The highest BCUT2D eigenvalue weighted by Gasteiger charge is 2.21. The smallest absolute Gasteiger partial charge is 0.278 e. The first-order valence-corrected chi connectivity index (χ1v) is 7.53. The molecule has 2 rings (SSSR count). The molecule has 1 atom stereocenters. The van der Waals surface area contributed by atoms with Gasteiger partial charge in [0.15, 0.2) is 6.04 Å². The van der Waals surface area contributed by atoms with Crippen LogP contribution in [0.4, 0.5) is 4.39 Å². The van der Waals surface area contributed by atoms with Crippen molar-refractivity contribution in [1.29, 1.82) is 0 Å². The summed E-state index contributed by atoms with van der Waals surface area (Å²) in [5.74, 6) is -0.115. The molecular formula is C16H24FN2O+. The fourth-order valence-corrected chi connectivity index (χ4v) is 2.62. The summed E-state index contributed by atoms with van der Waals surface area (Å²) in [5.41, 5.74) is 1.03. The Hall–Kier alpha value is -1.42. The molecular weight excluding hydrogens is 255 g/mol. The van der Waals surface area contributed by atoms with Gasteiger partial charge in [-0.15, -0.1) is 0 Å². The number of hydrogen-bond donors (Lipinski definition) is 2. The molecule has 0 radical (unpaired) electrons. The molecule has 1 amide bonds. The predicted molar refractivity (Wildman–Crippen MR) is 76.5 cm³/mol. The fourth-order valence-electron chi connectivity index (χ4n) is 2.62. The van der Waals surface area contributed by atoms with E-state index in [-0.39, 0.29) is 17.8 Å². The molecule has 0 bridgehead atoms. The fraction of sp³-hybridized carbons (Fsp3) is 0.562. The number of benzene rings is 1. The maximum Gasteiger partial charge on any atom is 0.278 e. The Balaban J connectivity index is 1.74. The van der Waals surface area contributed by atoms with Crippen LogP contribution in [0.2, 0.25) is 0 Å². The van der Waals surface area contributed by atoms with Gasteiger partial charge >= 0.3 is 0 Å². The lowest BCUT2D eigenvalue weighted by atomic mass is 9.95. The summed E-state index contributed by atoms with van der Waals surface area (Å²) >= 11 is 0. The normalized spacial score (nSPS) is 17.7. The van der Waals surface area contributed by atoms with E-state index >= 15 is 0 Å². The van der Waals surface area contributed by atoms with Crippen molar-refractivity contribution in [3.05, 3.63) is 35.6 Å². The SMILES string of the molecule is C[C@H]([NH2+]Cc1ccc(F)cc1)C(=O)NC1CCCCC1. The van der Waals surface area contributed by atoms with Gasteiger partial charge in [-0.05, 0) is 31.9 Å². The predicted octanol–water partition coefficient (Wildman–Crippen LogP) is 1.73. The summed E-state index contributed by atoms with van der Waals surface area (Å²) in [6.45, 7) is 2.61. The molecule has 110 valence electrons. The van der Waals surface area contributed by atoms with Crippen molar-refractivity contribution < 1.29 is 14.5 Å². The highest BCUT2D eigenvalue weighted by Crippen LogP contribution is 2.17. The molecule has 1 aliphatic rings. The van der Waals surface area contributed by atoms with Crippen molar-refractivity contribution >= 4 is 5.91 Å². The van der Waals surface area contributed by atoms with Crippen LogP contribution in [0.5, 0.6) is 0 Å². The first kappa shape index (κ1) is 15.0. The van der Waals surface area contributed by atoms with Gasteiger partial charge in [-0.2, -0.15) is 0 Å². The largest absolute Gasteiger partial charge is 0.348 e. The summed E-state index contributed by atoms with van der Waals surface area (Å²) in [4.78, 5) is 12.1. The van der Waals surface area contributed by atoms with E-state index in [1.54, 1.807) is 12.1 Å². The monoisotopic (exact) mass is 279 g/mol. The highest BCUT2D eigenvalue weighted by molar-refractivity contribution is 5.80. The topological polar surface area (TPSA) is 45.7 Å². The molecule has 20 heavy (non-hydrogen) atoms. The van der Waals surface area contributed by atoms with Gasteiger partial charge < -0.3 is 10.6 Å². The van der Waals surface area contributed by atoms with Gasteiger partial charge in [0.25, 0.3) is 5.91 Å². The van der Waals surface area contributed by atoms with Gasteiger partial charge in [0.2, 0.25) is 0 Å². The van der Waals surface area contributed by atoms with E-state index in [9.17, 15) is 9.18 Å². The maximum atomic E-state index is 12.8. The molecule has 3 nitrogen and oxygen atoms in total. The van der Waals surface area contributed by atoms with E-state index in [0.717, 1.165) is 18.4 Å². The van der Waals surface area contributed by atoms with E-state index in [1.165, 1.54) is 31.4 Å². The minimum absolute atomic E-state index is 0.109. The zero-order chi connectivity index (χ0) is 14.4. The Morgan fingerprint density at radius 1 is 1.30 bits per heavy atom. The average molecular weight is 279 g/mol. The van der Waals surface area contributed by atoms with Gasteiger partial charge in [-0.25, -0.2) is 4.39 Å². The van der Waals surface area contributed by atoms with Crippen molar-refractivity contribution in [2.75, 3.05) is 0 Å². The molecule has 0 spiro atoms. The molecule has 4 heteroatoms. The number of amides is 1. The molecule has 1 aromatic rings. The minimum Gasteiger partial charge on any atom is -0.348 e. The van der Waals surface area contributed by atoms with Crippen LogP contribution in [0, 0.1) is 5.82 Å². The summed E-state index contributed by atoms with van der Waals surface area (Å²) in [6.07, 6.45) is 5.95. The number of rotatable bonds is 5. The zero-order valence-corrected chi connectivity index (χ0v) is 12.1. The third-order valence-corrected chi connectivity index (χ3v) is 3.99. The van der Waals surface area contributed by atoms with Crippen LogP contribution >= 0.6 is 0 Å². The highest BCUT2D eigenvalue weighted by atomic mass is 19.1. The molecule has 1 aromatic carbocycles. The molecule has 0 unspecified atom stereocenters. The minimum atomic E-state index is -0.225. The zero-order valence-electron chi connectivity index (χ0n) is 12.1. The molecule has 1 aliphatic carbocycles. The number of quaternary nitrogens is 1. The molecule has 1 saturated carbocycles. The second-order valence-electron chi connectivity index (χ2n) is 5.70. The summed E-state index contributed by atoms with van der Waals surface area (Å²) in [5, 5.41) is 5.13. The molecule has 3 N–H and O–H groups in total. The van der Waals surface area contributed by atoms with Crippen LogP contribution in [0.25, 0.3) is 0 Å². The van der Waals surface area contributed by atoms with Crippen LogP contribution in [0.1, 0.15) is 44.6 Å². The Kier molecular flexibility index (Phi) is 5.53. The molecule has 0 saturated heterocycles. The molecule has 0 aliphatic heterocycles. The Morgan fingerprint density at radius 2 is 1.95 bits per heavy atom. The van der Waals surface area contributed by atoms with Gasteiger partial charge in [0, 0.05) is 11.6 Å². The third-order valence-electron chi connectivity index (χ3n) is 3.99. The van der Waals surface area contributed by atoms with Crippen molar-refractivity contribution in [3.8, 4) is 0 Å². The Morgan fingerprint density at radius 3 is 2.60 bits per heavy atom. The van der Waals surface area contributed by atoms with Crippen molar-refractivity contribution in [2.45, 2.75) is 57.7 Å². The second kappa shape index (κ2) is 7.39. The van der Waals surface area contributed by atoms with E-state index < -0.39 is 0 Å². The lowest BCUT2D eigenvalue weighted by molar-refractivity contribution is -0.689. The molecule has 0 aromatic heterocycles. The van der Waals surface area contributed by atoms with Gasteiger partial charge in [-0.3, -0.25) is 4.79 Å². The van der Waals surface area contributed by atoms with Crippen molar-refractivity contribution in [1.82, 2.24) is 5.32 Å². The van der Waals surface area contributed by atoms with Crippen LogP contribution in [-0.2, 0) is 11.3 Å². The lowest BCUT2D eigenvalue weighted by Gasteiger charge is -2.23. The Bertz CT molecular complexity index is 427. The van der Waals surface area contributed by atoms with Gasteiger partial charge in [-0.1, -0.05) is 31.4 Å². The van der Waals surface area contributed by atoms with Gasteiger partial charge in [0.1, 0.15) is 12.4 Å². The summed E-state index contributed by atoms with van der Waals surface area (Å²) in [7, 11) is 0. The first-order chi connectivity index (χ1) is 9.65. The first-order valence-electron chi connectivity index (χ1n) is 7.53. The number of halogens is 1. The number of hydrogen-bond acceptors (Lipinski definition) is 1. The quantitative estimate of drug-likeness (QED) is 0.847. The second-order valence-corrected chi connectivity index (χ2v) is 5.70. The van der Waals surface area contributed by atoms with Crippen LogP contribution in [0.15, 0.2) is 24.3 Å². The van der Waals surface area contributed by atoms with Crippen LogP contribution in [-0.4, -0.2) is 18.0 Å². The third kappa shape index (κ3) is 4.60. The average Bonchev–Trinajstić information content (AvgIpc) is 2.47. The number of nitrogens with one attached hydrogen (secondary N) is 1. The van der Waals surface area contributed by atoms with Crippen molar-refractivity contribution in [2.24, 2.45) is 0 Å². The number of carbonyl (C=O) groups excluding carboxylic acids is 1. The molecule has 1 fully saturated rings. The van der Waals surface area contributed by atoms with E-state index in [1.807, 2.05) is 12.2 Å². The Labute approximate surface area is 120 Å². The van der Waals surface area contributed by atoms with Crippen LogP contribution in [0.3, 0.4) is 0 Å². The van der Waals surface area contributed by atoms with Crippen molar-refractivity contribution in [3.63, 3.8) is 0 Å². The number of nitrogens with two attached hydrogens (primary N) is 1. The summed E-state index contributed by atoms with van der Waals surface area (Å²) in [6, 6.07) is 6.68. The van der Waals surface area contributed by atoms with E-state index in [4.69, 9.17) is 0 Å². The standard InChI is InChI=1S/C16H23FN2O/c1-12(16(20)19-15-5-3-2-4-6-15)18-11-13-7-9-14(17)10-8-13/h7-10,12,15,18H,2-6,11H2,1H3,(H,19,20)/p+1/t12-/m0/s1. The maximum absolute atomic E-state index is 12.8. The molecule has 0 heterocycles. The lowest BCUT2D eigenvalue weighted by Crippen LogP contribution is -2.90. The van der Waals surface area contributed by atoms with Crippen LogP contribution < -0.4 is 10.6 Å². The van der Waals surface area contributed by atoms with Gasteiger partial charge in [0.05, 0.1) is 0 Å². The van der Waals surface area contributed by atoms with E-state index in [2.05, 4.69) is 5.32 Å². The van der Waals surface area contributed by atoms with E-state index in [0.29, 0.717) is 12.6 Å². The number of carbonyl (C=O) groups is 1.